The van der Waals surface area contributed by atoms with Crippen molar-refractivity contribution < 1.29 is 4.42 Å². The number of benzene rings is 10. The summed E-state index contributed by atoms with van der Waals surface area (Å²) in [5.74, 6) is 0. The maximum absolute atomic E-state index is 6.91. The molecule has 10 aromatic carbocycles. The minimum absolute atomic E-state index is 0.566. The van der Waals surface area contributed by atoms with Crippen LogP contribution in [0.1, 0.15) is 16.7 Å². The minimum Gasteiger partial charge on any atom is -0.455 e. The monoisotopic (exact) mass is 868 g/mol. The van der Waals surface area contributed by atoms with E-state index in [2.05, 4.69) is 259 Å². The van der Waals surface area contributed by atoms with E-state index in [1.165, 1.54) is 55.0 Å². The van der Waals surface area contributed by atoms with Gasteiger partial charge >= 0.3 is 0 Å². The lowest BCUT2D eigenvalue weighted by molar-refractivity contribution is 0.670. The van der Waals surface area contributed by atoms with Crippen molar-refractivity contribution in [2.24, 2.45) is 0 Å². The van der Waals surface area contributed by atoms with Crippen LogP contribution in [0.3, 0.4) is 0 Å². The fourth-order valence-electron chi connectivity index (χ4n) is 11.0. The third-order valence-electron chi connectivity index (χ3n) is 14.0. The molecule has 1 aliphatic rings. The Bertz CT molecular complexity index is 3950. The van der Waals surface area contributed by atoms with Crippen LogP contribution in [-0.4, -0.2) is 4.57 Å². The van der Waals surface area contributed by atoms with Gasteiger partial charge in [-0.15, -0.1) is 0 Å². The Morgan fingerprint density at radius 3 is 1.84 bits per heavy atom. The number of furan rings is 1. The number of rotatable bonds is 9. The van der Waals surface area contributed by atoms with Crippen molar-refractivity contribution in [3.8, 4) is 27.9 Å². The standard InChI is InChI=1S/C65H44N2O/c1-2-3-4-18-40-65(46-22-6-5-7-23-46)58-30-14-10-24-50(58)51-39-38-49(43-59(51)65)66(47-34-36-48(37-35-47)67-61-32-16-11-25-52(61)53-26-12-17-33-62(53)67)60-31-15-13-27-54(60)55-28-19-29-56-57-41-44-20-8-9-21-45(44)42-63(57)68-64(55)56/h2-43H,1H2/b4-3-,40-18+. The molecule has 320 valence electrons. The summed E-state index contributed by atoms with van der Waals surface area (Å²) in [4.78, 5) is 2.43. The smallest absolute Gasteiger partial charge is 0.143 e. The Balaban J connectivity index is 1.05. The zero-order valence-electron chi connectivity index (χ0n) is 37.3. The SMILES string of the molecule is C=C/C=C\C=C\C1(c2ccccc2)c2ccccc2-c2ccc(N(c3ccc(-n4c5ccccc5c5ccccc54)cc3)c3ccccc3-c3cccc4c3oc3cc5ccccc5cc34)cc21. The van der Waals surface area contributed by atoms with Gasteiger partial charge in [-0.2, -0.15) is 0 Å². The van der Waals surface area contributed by atoms with Crippen LogP contribution in [0.5, 0.6) is 0 Å². The Morgan fingerprint density at radius 2 is 1.06 bits per heavy atom. The molecule has 0 aliphatic heterocycles. The summed E-state index contributed by atoms with van der Waals surface area (Å²) in [7, 11) is 0. The second-order valence-corrected chi connectivity index (χ2v) is 17.6. The first kappa shape index (κ1) is 39.4. The zero-order chi connectivity index (χ0) is 45.2. The third-order valence-corrected chi connectivity index (χ3v) is 14.0. The van der Waals surface area contributed by atoms with Gasteiger partial charge in [-0.05, 0) is 105 Å². The van der Waals surface area contributed by atoms with Gasteiger partial charge < -0.3 is 13.9 Å². The van der Waals surface area contributed by atoms with Crippen LogP contribution < -0.4 is 4.90 Å². The van der Waals surface area contributed by atoms with Crippen molar-refractivity contribution in [2.75, 3.05) is 4.90 Å². The maximum Gasteiger partial charge on any atom is 0.143 e. The molecule has 1 unspecified atom stereocenters. The van der Waals surface area contributed by atoms with Gasteiger partial charge in [0.2, 0.25) is 0 Å². The van der Waals surface area contributed by atoms with E-state index < -0.39 is 5.41 Å². The number of para-hydroxylation sites is 4. The van der Waals surface area contributed by atoms with E-state index >= 15 is 0 Å². The molecule has 0 N–H and O–H groups in total. The van der Waals surface area contributed by atoms with Crippen LogP contribution >= 0.6 is 0 Å². The predicted molar refractivity (Wildman–Crippen MR) is 286 cm³/mol. The molecule has 0 amide bonds. The van der Waals surface area contributed by atoms with Gasteiger partial charge in [-0.1, -0.05) is 195 Å². The van der Waals surface area contributed by atoms with Crippen molar-refractivity contribution in [2.45, 2.75) is 5.41 Å². The lowest BCUT2D eigenvalue weighted by Gasteiger charge is -2.32. The molecule has 1 atom stereocenters. The molecule has 68 heavy (non-hydrogen) atoms. The summed E-state index contributed by atoms with van der Waals surface area (Å²) in [5, 5.41) is 7.05. The predicted octanol–water partition coefficient (Wildman–Crippen LogP) is 17.6. The highest BCUT2D eigenvalue weighted by Crippen LogP contribution is 2.55. The lowest BCUT2D eigenvalue weighted by Crippen LogP contribution is -2.24. The van der Waals surface area contributed by atoms with E-state index in [9.17, 15) is 0 Å². The van der Waals surface area contributed by atoms with Crippen molar-refractivity contribution in [3.63, 3.8) is 0 Å². The third kappa shape index (κ3) is 6.06. The van der Waals surface area contributed by atoms with Crippen molar-refractivity contribution in [3.05, 3.63) is 278 Å². The molecule has 0 radical (unpaired) electrons. The fraction of sp³-hybridized carbons (Fsp3) is 0.0154. The van der Waals surface area contributed by atoms with Crippen LogP contribution in [0, 0.1) is 0 Å². The molecule has 0 bridgehead atoms. The van der Waals surface area contributed by atoms with Gasteiger partial charge in [-0.25, -0.2) is 0 Å². The van der Waals surface area contributed by atoms with Crippen LogP contribution in [0.4, 0.5) is 17.1 Å². The first-order valence-electron chi connectivity index (χ1n) is 23.3. The number of anilines is 3. The molecular formula is C65H44N2O. The number of hydrogen-bond donors (Lipinski definition) is 0. The van der Waals surface area contributed by atoms with E-state index in [1.807, 2.05) is 12.2 Å². The molecule has 3 heteroatoms. The van der Waals surface area contributed by atoms with Gasteiger partial charge in [0.1, 0.15) is 11.2 Å². The number of fused-ring (bicyclic) bond motifs is 10. The topological polar surface area (TPSA) is 21.3 Å². The van der Waals surface area contributed by atoms with E-state index in [-0.39, 0.29) is 0 Å². The number of allylic oxidation sites excluding steroid dienone is 5. The van der Waals surface area contributed by atoms with Gasteiger partial charge in [0.25, 0.3) is 0 Å². The van der Waals surface area contributed by atoms with Crippen LogP contribution in [0.15, 0.2) is 266 Å². The quantitative estimate of drug-likeness (QED) is 0.135. The summed E-state index contributed by atoms with van der Waals surface area (Å²) < 4.78 is 9.29. The van der Waals surface area contributed by atoms with Crippen molar-refractivity contribution in [1.29, 1.82) is 0 Å². The average molecular weight is 869 g/mol. The summed E-state index contributed by atoms with van der Waals surface area (Å²) in [6.07, 6.45) is 10.4. The van der Waals surface area contributed by atoms with Gasteiger partial charge in [0.05, 0.1) is 22.1 Å². The minimum atomic E-state index is -0.566. The molecule has 3 nitrogen and oxygen atoms in total. The molecular weight excluding hydrogens is 825 g/mol. The first-order chi connectivity index (χ1) is 33.7. The highest BCUT2D eigenvalue weighted by atomic mass is 16.3. The second kappa shape index (κ2) is 15.9. The summed E-state index contributed by atoms with van der Waals surface area (Å²) in [6.45, 7) is 3.95. The van der Waals surface area contributed by atoms with Gasteiger partial charge in [0, 0.05) is 49.7 Å². The van der Waals surface area contributed by atoms with E-state index in [4.69, 9.17) is 4.42 Å². The van der Waals surface area contributed by atoms with Crippen LogP contribution in [0.25, 0.3) is 82.5 Å². The summed E-state index contributed by atoms with van der Waals surface area (Å²) >= 11 is 0. The summed E-state index contributed by atoms with van der Waals surface area (Å²) in [6, 6.07) is 81.6. The number of aromatic nitrogens is 1. The Hall–Kier alpha value is -8.92. The summed E-state index contributed by atoms with van der Waals surface area (Å²) in [5.41, 5.74) is 16.0. The highest BCUT2D eigenvalue weighted by molar-refractivity contribution is 6.14. The van der Waals surface area contributed by atoms with E-state index in [0.29, 0.717) is 0 Å². The van der Waals surface area contributed by atoms with Crippen molar-refractivity contribution in [1.82, 2.24) is 4.57 Å². The second-order valence-electron chi connectivity index (χ2n) is 17.6. The van der Waals surface area contributed by atoms with Crippen molar-refractivity contribution >= 4 is 71.6 Å². The molecule has 0 spiro atoms. The Morgan fingerprint density at radius 1 is 0.441 bits per heavy atom. The van der Waals surface area contributed by atoms with Gasteiger partial charge in [-0.3, -0.25) is 0 Å². The molecule has 0 saturated heterocycles. The first-order valence-corrected chi connectivity index (χ1v) is 23.3. The molecule has 2 aromatic heterocycles. The Labute approximate surface area is 395 Å². The molecule has 13 rings (SSSR count). The van der Waals surface area contributed by atoms with Crippen LogP contribution in [0.2, 0.25) is 0 Å². The number of hydrogen-bond acceptors (Lipinski definition) is 2. The Kier molecular flexibility index (Phi) is 9.23. The average Bonchev–Trinajstić information content (AvgIpc) is 4.03. The highest BCUT2D eigenvalue weighted by Gasteiger charge is 2.43. The largest absolute Gasteiger partial charge is 0.455 e. The normalized spacial score (nSPS) is 14.5. The lowest BCUT2D eigenvalue weighted by atomic mass is 9.72. The van der Waals surface area contributed by atoms with E-state index in [1.54, 1.807) is 0 Å². The molecule has 0 fully saturated rings. The zero-order valence-corrected chi connectivity index (χ0v) is 37.3. The van der Waals surface area contributed by atoms with Crippen LogP contribution in [-0.2, 0) is 5.41 Å². The molecule has 1 aliphatic carbocycles. The number of nitrogens with zero attached hydrogens (tertiary/aromatic N) is 2. The van der Waals surface area contributed by atoms with Gasteiger partial charge in [0.15, 0.2) is 0 Å². The maximum atomic E-state index is 6.91. The molecule has 0 saturated carbocycles. The molecule has 12 aromatic rings. The fourth-order valence-corrected chi connectivity index (χ4v) is 11.0. The van der Waals surface area contributed by atoms with E-state index in [0.717, 1.165) is 61.2 Å². The molecule has 2 heterocycles.